The van der Waals surface area contributed by atoms with Crippen molar-refractivity contribution in [2.45, 2.75) is 19.9 Å². The third-order valence-electron chi connectivity index (χ3n) is 1.85. The minimum atomic E-state index is -3.64. The van der Waals surface area contributed by atoms with Gasteiger partial charge in [0.25, 0.3) is 0 Å². The number of aliphatic carboxylic acids is 1. The van der Waals surface area contributed by atoms with Crippen molar-refractivity contribution in [1.29, 1.82) is 0 Å². The molecular formula is C8H17N3O5S. The molecule has 0 unspecified atom stereocenters. The van der Waals surface area contributed by atoms with Crippen molar-refractivity contribution < 1.29 is 23.1 Å². The number of hydrogen-bond acceptors (Lipinski definition) is 4. The Kier molecular flexibility index (Phi) is 5.89. The monoisotopic (exact) mass is 267 g/mol. The Labute approximate surface area is 99.8 Å². The molecule has 0 saturated heterocycles. The van der Waals surface area contributed by atoms with Gasteiger partial charge < -0.3 is 15.3 Å². The number of sulfonamides is 1. The van der Waals surface area contributed by atoms with E-state index in [-0.39, 0.29) is 12.6 Å². The van der Waals surface area contributed by atoms with Crippen molar-refractivity contribution in [1.82, 2.24) is 10.2 Å². The standard InChI is InChI=1S/C8H17N3O5S/c1-6(2)11(5-7(12)13)8(14)10-3-4-17(9,15)16/h6H,3-5H2,1-2H3,(H,10,14)(H,12,13)(H2,9,15,16). The highest BCUT2D eigenvalue weighted by molar-refractivity contribution is 7.89. The summed E-state index contributed by atoms with van der Waals surface area (Å²) in [5.41, 5.74) is 0. The van der Waals surface area contributed by atoms with E-state index in [2.05, 4.69) is 5.32 Å². The summed E-state index contributed by atoms with van der Waals surface area (Å²) in [4.78, 5) is 23.1. The summed E-state index contributed by atoms with van der Waals surface area (Å²) in [6, 6.07) is -0.938. The van der Waals surface area contributed by atoms with Gasteiger partial charge in [0.05, 0.1) is 5.75 Å². The van der Waals surface area contributed by atoms with Crippen molar-refractivity contribution in [3.63, 3.8) is 0 Å². The second kappa shape index (κ2) is 6.40. The summed E-state index contributed by atoms with van der Waals surface area (Å²) in [6.45, 7) is 2.71. The van der Waals surface area contributed by atoms with Gasteiger partial charge in [0.1, 0.15) is 6.54 Å². The lowest BCUT2D eigenvalue weighted by molar-refractivity contribution is -0.138. The zero-order valence-corrected chi connectivity index (χ0v) is 10.5. The Morgan fingerprint density at radius 3 is 2.29 bits per heavy atom. The highest BCUT2D eigenvalue weighted by Gasteiger charge is 2.19. The van der Waals surface area contributed by atoms with E-state index >= 15 is 0 Å². The van der Waals surface area contributed by atoms with Crippen LogP contribution in [0.4, 0.5) is 4.79 Å². The number of urea groups is 1. The van der Waals surface area contributed by atoms with Crippen LogP contribution in [0.2, 0.25) is 0 Å². The first-order valence-electron chi connectivity index (χ1n) is 4.90. The summed E-state index contributed by atoms with van der Waals surface area (Å²) in [6.07, 6.45) is 0. The number of nitrogens with zero attached hydrogens (tertiary/aromatic N) is 1. The molecule has 0 fully saturated rings. The first kappa shape index (κ1) is 15.7. The zero-order valence-electron chi connectivity index (χ0n) is 9.71. The van der Waals surface area contributed by atoms with Gasteiger partial charge in [-0.25, -0.2) is 18.4 Å². The number of nitrogens with one attached hydrogen (secondary N) is 1. The number of carbonyl (C=O) groups is 2. The number of carbonyl (C=O) groups excluding carboxylic acids is 1. The molecule has 0 radical (unpaired) electrons. The van der Waals surface area contributed by atoms with Gasteiger partial charge >= 0.3 is 12.0 Å². The van der Waals surface area contributed by atoms with Crippen LogP contribution in [0.3, 0.4) is 0 Å². The molecule has 0 aliphatic rings. The molecule has 0 aromatic carbocycles. The van der Waals surface area contributed by atoms with E-state index in [0.717, 1.165) is 4.90 Å². The summed E-state index contributed by atoms with van der Waals surface area (Å²) in [5.74, 6) is -1.53. The third kappa shape index (κ3) is 7.53. The van der Waals surface area contributed by atoms with Crippen molar-refractivity contribution in [3.8, 4) is 0 Å². The van der Waals surface area contributed by atoms with Crippen LogP contribution in [-0.2, 0) is 14.8 Å². The zero-order chi connectivity index (χ0) is 13.6. The van der Waals surface area contributed by atoms with E-state index in [0.29, 0.717) is 0 Å². The predicted octanol–water partition coefficient (Wildman–Crippen LogP) is -1.22. The number of hydrogen-bond donors (Lipinski definition) is 3. The Balaban J connectivity index is 4.29. The van der Waals surface area contributed by atoms with E-state index in [4.69, 9.17) is 10.2 Å². The second-order valence-corrected chi connectivity index (χ2v) is 5.45. The molecule has 0 aliphatic heterocycles. The normalized spacial score (nSPS) is 11.3. The Morgan fingerprint density at radius 1 is 1.41 bits per heavy atom. The van der Waals surface area contributed by atoms with Gasteiger partial charge in [-0.05, 0) is 13.8 Å². The van der Waals surface area contributed by atoms with E-state index < -0.39 is 34.3 Å². The lowest BCUT2D eigenvalue weighted by Gasteiger charge is -2.24. The van der Waals surface area contributed by atoms with Crippen molar-refractivity contribution in [3.05, 3.63) is 0 Å². The molecule has 2 amide bonds. The van der Waals surface area contributed by atoms with Crippen molar-refractivity contribution in [2.24, 2.45) is 5.14 Å². The van der Waals surface area contributed by atoms with Crippen LogP contribution in [-0.4, -0.2) is 55.3 Å². The molecule has 17 heavy (non-hydrogen) atoms. The van der Waals surface area contributed by atoms with E-state index in [1.807, 2.05) is 0 Å². The fraction of sp³-hybridized carbons (Fsp3) is 0.750. The molecule has 9 heteroatoms. The van der Waals surface area contributed by atoms with Gasteiger partial charge in [-0.1, -0.05) is 0 Å². The van der Waals surface area contributed by atoms with Crippen LogP contribution in [0, 0.1) is 0 Å². The lowest BCUT2D eigenvalue weighted by atomic mass is 10.3. The fourth-order valence-electron chi connectivity index (χ4n) is 1.04. The number of carboxylic acids is 1. The van der Waals surface area contributed by atoms with Crippen LogP contribution in [0.25, 0.3) is 0 Å². The molecule has 0 aromatic rings. The molecular weight excluding hydrogens is 250 g/mol. The molecule has 0 rings (SSSR count). The maximum absolute atomic E-state index is 11.5. The summed E-state index contributed by atoms with van der Waals surface area (Å²) >= 11 is 0. The SMILES string of the molecule is CC(C)N(CC(=O)O)C(=O)NCCS(N)(=O)=O. The minimum Gasteiger partial charge on any atom is -0.480 e. The fourth-order valence-corrected chi connectivity index (χ4v) is 1.42. The minimum absolute atomic E-state index is 0.152. The van der Waals surface area contributed by atoms with Crippen LogP contribution >= 0.6 is 0 Å². The maximum Gasteiger partial charge on any atom is 0.323 e. The maximum atomic E-state index is 11.5. The van der Waals surface area contributed by atoms with E-state index in [1.54, 1.807) is 13.8 Å². The molecule has 0 bridgehead atoms. The summed E-state index contributed by atoms with van der Waals surface area (Å²) in [5, 5.41) is 15.6. The molecule has 8 nitrogen and oxygen atoms in total. The van der Waals surface area contributed by atoms with Gasteiger partial charge in [-0.15, -0.1) is 0 Å². The van der Waals surface area contributed by atoms with Gasteiger partial charge in [0.15, 0.2) is 0 Å². The van der Waals surface area contributed by atoms with Crippen LogP contribution in [0.1, 0.15) is 13.8 Å². The number of amides is 2. The summed E-state index contributed by atoms with van der Waals surface area (Å²) in [7, 11) is -3.64. The first-order chi connectivity index (χ1) is 7.63. The van der Waals surface area contributed by atoms with Crippen LogP contribution in [0.15, 0.2) is 0 Å². The molecule has 0 saturated carbocycles. The molecule has 0 atom stereocenters. The quantitative estimate of drug-likeness (QED) is 0.555. The average molecular weight is 267 g/mol. The number of rotatable bonds is 6. The number of nitrogens with two attached hydrogens (primary N) is 1. The lowest BCUT2D eigenvalue weighted by Crippen LogP contribution is -2.47. The van der Waals surface area contributed by atoms with Gasteiger partial charge in [0, 0.05) is 12.6 Å². The van der Waals surface area contributed by atoms with Gasteiger partial charge in [-0.2, -0.15) is 0 Å². The van der Waals surface area contributed by atoms with Gasteiger partial charge in [0.2, 0.25) is 10.0 Å². The van der Waals surface area contributed by atoms with E-state index in [9.17, 15) is 18.0 Å². The Bertz CT molecular complexity index is 379. The molecule has 100 valence electrons. The molecule has 0 aromatic heterocycles. The Morgan fingerprint density at radius 2 is 1.94 bits per heavy atom. The van der Waals surface area contributed by atoms with Crippen molar-refractivity contribution in [2.75, 3.05) is 18.8 Å². The third-order valence-corrected chi connectivity index (χ3v) is 2.63. The highest BCUT2D eigenvalue weighted by Crippen LogP contribution is 1.98. The summed E-state index contributed by atoms with van der Waals surface area (Å²) < 4.78 is 21.2. The smallest absolute Gasteiger partial charge is 0.323 e. The van der Waals surface area contributed by atoms with E-state index in [1.165, 1.54) is 0 Å². The molecule has 0 spiro atoms. The second-order valence-electron chi connectivity index (χ2n) is 3.71. The number of primary sulfonamides is 1. The van der Waals surface area contributed by atoms with Crippen LogP contribution in [0.5, 0.6) is 0 Å². The Hall–Kier alpha value is -1.35. The molecule has 0 aliphatic carbocycles. The van der Waals surface area contributed by atoms with Gasteiger partial charge in [-0.3, -0.25) is 4.79 Å². The number of carboxylic acid groups (broad SMARTS) is 1. The molecule has 4 N–H and O–H groups in total. The molecule has 0 heterocycles. The largest absolute Gasteiger partial charge is 0.480 e. The first-order valence-corrected chi connectivity index (χ1v) is 6.61. The average Bonchev–Trinajstić information content (AvgIpc) is 2.11. The predicted molar refractivity (Wildman–Crippen MR) is 60.9 cm³/mol. The highest BCUT2D eigenvalue weighted by atomic mass is 32.2. The topological polar surface area (TPSA) is 130 Å². The van der Waals surface area contributed by atoms with Crippen molar-refractivity contribution >= 4 is 22.0 Å². The van der Waals surface area contributed by atoms with Crippen LogP contribution < -0.4 is 10.5 Å².